The third kappa shape index (κ3) is 7.17. The number of aliphatic hydroxyl groups excluding tert-OH is 2. The summed E-state index contributed by atoms with van der Waals surface area (Å²) in [6, 6.07) is 24.5. The van der Waals surface area contributed by atoms with Gasteiger partial charge < -0.3 is 25.0 Å². The van der Waals surface area contributed by atoms with Crippen LogP contribution in [-0.2, 0) is 22.5 Å². The van der Waals surface area contributed by atoms with Crippen LogP contribution in [0.1, 0.15) is 60.5 Å². The van der Waals surface area contributed by atoms with Crippen molar-refractivity contribution >= 4 is 11.8 Å². The van der Waals surface area contributed by atoms with Gasteiger partial charge in [-0.25, -0.2) is 4.99 Å². The maximum absolute atomic E-state index is 14.5. The second-order valence-corrected chi connectivity index (χ2v) is 11.0. The third-order valence-electron chi connectivity index (χ3n) is 8.05. The van der Waals surface area contributed by atoms with Crippen molar-refractivity contribution in [3.8, 4) is 5.75 Å². The van der Waals surface area contributed by atoms with Crippen LogP contribution in [0.15, 0.2) is 89.0 Å². The zero-order valence-corrected chi connectivity index (χ0v) is 24.0. The van der Waals surface area contributed by atoms with Gasteiger partial charge in [-0.2, -0.15) is 0 Å². The van der Waals surface area contributed by atoms with Gasteiger partial charge in [0.15, 0.2) is 11.6 Å². The zero-order valence-electron chi connectivity index (χ0n) is 24.0. The van der Waals surface area contributed by atoms with E-state index in [1.165, 1.54) is 0 Å². The summed E-state index contributed by atoms with van der Waals surface area (Å²) in [6.07, 6.45) is 2.31. The molecule has 3 aromatic carbocycles. The Morgan fingerprint density at radius 2 is 1.72 bits per heavy atom. The molecule has 1 saturated carbocycles. The van der Waals surface area contributed by atoms with Gasteiger partial charge in [-0.1, -0.05) is 59.7 Å². The number of nitrogens with zero attached hydrogens (tertiary/aromatic N) is 4. The van der Waals surface area contributed by atoms with E-state index in [9.17, 15) is 9.90 Å². The molecule has 2 aliphatic rings. The van der Waals surface area contributed by atoms with Gasteiger partial charge in [0.1, 0.15) is 5.75 Å². The van der Waals surface area contributed by atoms with Crippen molar-refractivity contribution in [3.63, 3.8) is 0 Å². The zero-order chi connectivity index (χ0) is 30.1. The number of aliphatic hydroxyl groups is 2. The minimum atomic E-state index is -1.37. The summed E-state index contributed by atoms with van der Waals surface area (Å²) in [5.74, 6) is 0.753. The van der Waals surface area contributed by atoms with Crippen LogP contribution in [0.2, 0.25) is 0 Å². The molecule has 0 saturated heterocycles. The first-order chi connectivity index (χ1) is 21.0. The van der Waals surface area contributed by atoms with E-state index in [2.05, 4.69) is 15.3 Å². The number of rotatable bonds is 12. The Bertz CT molecular complexity index is 1450. The molecule has 224 valence electrons. The Morgan fingerprint density at radius 3 is 2.42 bits per heavy atom. The van der Waals surface area contributed by atoms with E-state index in [0.717, 1.165) is 16.7 Å². The Labute approximate surface area is 251 Å². The molecule has 1 fully saturated rings. The summed E-state index contributed by atoms with van der Waals surface area (Å²) in [5.41, 5.74) is 10.8. The molecule has 43 heavy (non-hydrogen) atoms. The van der Waals surface area contributed by atoms with E-state index >= 15 is 0 Å². The average Bonchev–Trinajstić information content (AvgIpc) is 3.43. The summed E-state index contributed by atoms with van der Waals surface area (Å²) in [4.78, 5) is 22.6. The molecule has 2 atom stereocenters. The lowest BCUT2D eigenvalue weighted by Crippen LogP contribution is -2.53. The predicted octanol–water partition coefficient (Wildman–Crippen LogP) is 5.18. The Hall–Kier alpha value is -4.37. The lowest BCUT2D eigenvalue weighted by atomic mass is 9.80. The molecule has 0 unspecified atom stereocenters. The van der Waals surface area contributed by atoms with Crippen molar-refractivity contribution < 1.29 is 24.5 Å². The summed E-state index contributed by atoms with van der Waals surface area (Å²) in [6.45, 7) is 0.608. The minimum absolute atomic E-state index is 0.0567. The van der Waals surface area contributed by atoms with Crippen LogP contribution in [0.5, 0.6) is 5.75 Å². The van der Waals surface area contributed by atoms with Gasteiger partial charge in [-0.15, -0.1) is 0 Å². The van der Waals surface area contributed by atoms with E-state index in [1.54, 1.807) is 0 Å². The minimum Gasteiger partial charge on any atom is -0.494 e. The molecule has 0 aromatic heterocycles. The van der Waals surface area contributed by atoms with Crippen LogP contribution in [-0.4, -0.2) is 52.9 Å². The molecule has 0 spiro atoms. The topological polar surface area (TPSA) is 149 Å². The van der Waals surface area contributed by atoms with Crippen LogP contribution >= 0.6 is 0 Å². The van der Waals surface area contributed by atoms with Crippen molar-refractivity contribution in [2.24, 2.45) is 10.1 Å². The summed E-state index contributed by atoms with van der Waals surface area (Å²) in [5, 5.41) is 26.1. The Kier molecular flexibility index (Phi) is 9.94. The van der Waals surface area contributed by atoms with Crippen LogP contribution in [0.25, 0.3) is 10.4 Å². The van der Waals surface area contributed by atoms with Gasteiger partial charge >= 0.3 is 0 Å². The van der Waals surface area contributed by atoms with Crippen LogP contribution in [0.4, 0.5) is 0 Å². The number of hydrogen-bond donors (Lipinski definition) is 3. The molecule has 10 nitrogen and oxygen atoms in total. The van der Waals surface area contributed by atoms with Crippen LogP contribution in [0, 0.1) is 0 Å². The van der Waals surface area contributed by atoms with Gasteiger partial charge in [-0.05, 0) is 72.2 Å². The fourth-order valence-corrected chi connectivity index (χ4v) is 5.72. The number of carbonyl (C=O) groups excluding carboxylic acids is 1. The van der Waals surface area contributed by atoms with E-state index in [0.29, 0.717) is 55.9 Å². The van der Waals surface area contributed by atoms with E-state index in [1.807, 2.05) is 78.9 Å². The van der Waals surface area contributed by atoms with Crippen molar-refractivity contribution in [1.82, 2.24) is 5.32 Å². The highest BCUT2D eigenvalue weighted by atomic mass is 16.5. The van der Waals surface area contributed by atoms with Crippen molar-refractivity contribution in [1.29, 1.82) is 0 Å². The van der Waals surface area contributed by atoms with Gasteiger partial charge in [0.2, 0.25) is 5.90 Å². The molecule has 0 radical (unpaired) electrons. The first kappa shape index (κ1) is 30.1. The number of aliphatic imine (C=N–C) groups is 1. The van der Waals surface area contributed by atoms with E-state index < -0.39 is 11.6 Å². The van der Waals surface area contributed by atoms with Crippen LogP contribution in [0.3, 0.4) is 0 Å². The number of ether oxygens (including phenoxy) is 2. The maximum Gasteiger partial charge on any atom is 0.252 e. The van der Waals surface area contributed by atoms with Crippen molar-refractivity contribution in [2.45, 2.75) is 68.9 Å². The second-order valence-electron chi connectivity index (χ2n) is 11.0. The third-order valence-corrected chi connectivity index (χ3v) is 8.05. The lowest BCUT2D eigenvalue weighted by molar-refractivity contribution is -0.130. The SMILES string of the molecule is [N-]=[N+]=NCc1ccccc1C[C@@]1(C(=O)NC2CCC(O)CC2)N=C(c2ccc(OCCCO)cc2)O[C@@H]1c1ccccc1. The molecule has 3 aromatic rings. The number of hydrogen-bond acceptors (Lipinski definition) is 7. The summed E-state index contributed by atoms with van der Waals surface area (Å²) >= 11 is 0. The molecule has 1 aliphatic heterocycles. The normalized spacial score (nSPS) is 23.0. The lowest BCUT2D eigenvalue weighted by Gasteiger charge is -2.34. The molecular formula is C33H37N5O5. The van der Waals surface area contributed by atoms with Crippen molar-refractivity contribution in [2.75, 3.05) is 13.2 Å². The molecule has 1 heterocycles. The van der Waals surface area contributed by atoms with Gasteiger partial charge in [-0.3, -0.25) is 4.79 Å². The number of amides is 1. The largest absolute Gasteiger partial charge is 0.494 e. The monoisotopic (exact) mass is 583 g/mol. The molecule has 3 N–H and O–H groups in total. The number of benzene rings is 3. The van der Waals surface area contributed by atoms with E-state index in [-0.39, 0.29) is 37.6 Å². The fraction of sp³-hybridized carbons (Fsp3) is 0.394. The highest BCUT2D eigenvalue weighted by Gasteiger charge is 2.54. The quantitative estimate of drug-likeness (QED) is 0.116. The second kappa shape index (κ2) is 14.2. The van der Waals surface area contributed by atoms with Crippen LogP contribution < -0.4 is 10.1 Å². The first-order valence-corrected chi connectivity index (χ1v) is 14.7. The van der Waals surface area contributed by atoms with Crippen molar-refractivity contribution in [3.05, 3.63) is 112 Å². The standard InChI is InChI=1S/C33H37N5O5/c34-38-35-22-26-10-5-4-9-25(26)21-33(32(41)36-27-13-15-28(40)16-14-27)30(23-7-2-1-3-8-23)43-31(37-33)24-11-17-29(18-12-24)42-20-6-19-39/h1-5,7-12,17-18,27-28,30,39-40H,6,13-16,19-22H2,(H,36,41)/t27?,28?,30-,33-/m1/s1. The Balaban J connectivity index is 1.57. The molecule has 5 rings (SSSR count). The highest BCUT2D eigenvalue weighted by molar-refractivity contribution is 6.01. The summed E-state index contributed by atoms with van der Waals surface area (Å²) < 4.78 is 12.3. The molecule has 1 aliphatic carbocycles. The fourth-order valence-electron chi connectivity index (χ4n) is 5.72. The first-order valence-electron chi connectivity index (χ1n) is 14.7. The maximum atomic E-state index is 14.5. The average molecular weight is 584 g/mol. The van der Waals surface area contributed by atoms with Gasteiger partial charge in [0.05, 0.1) is 19.3 Å². The molecule has 1 amide bonds. The molecule has 0 bridgehead atoms. The molecule has 10 heteroatoms. The van der Waals surface area contributed by atoms with Gasteiger partial charge in [0.25, 0.3) is 5.91 Å². The smallest absolute Gasteiger partial charge is 0.252 e. The van der Waals surface area contributed by atoms with E-state index in [4.69, 9.17) is 25.1 Å². The predicted molar refractivity (Wildman–Crippen MR) is 163 cm³/mol. The number of carbonyl (C=O) groups is 1. The van der Waals surface area contributed by atoms with Gasteiger partial charge in [0, 0.05) is 36.0 Å². The molecular weight excluding hydrogens is 546 g/mol. The Morgan fingerprint density at radius 1 is 1.02 bits per heavy atom. The summed E-state index contributed by atoms with van der Waals surface area (Å²) in [7, 11) is 0. The number of nitrogens with one attached hydrogen (secondary N) is 1. The highest BCUT2D eigenvalue weighted by Crippen LogP contribution is 2.43. The number of azide groups is 1.